The van der Waals surface area contributed by atoms with Crippen LogP contribution in [0.4, 0.5) is 0 Å². The van der Waals surface area contributed by atoms with Crippen molar-refractivity contribution in [1.82, 2.24) is 9.80 Å². The lowest BCUT2D eigenvalue weighted by Gasteiger charge is -2.24. The zero-order chi connectivity index (χ0) is 20.3. The van der Waals surface area contributed by atoms with Gasteiger partial charge in [0.2, 0.25) is 0 Å². The topological polar surface area (TPSA) is 70.1 Å². The average Bonchev–Trinajstić information content (AvgIpc) is 3.29. The fraction of sp³-hybridized carbons (Fsp3) is 0.333. The number of carbonyl (C=O) groups excluding carboxylic acids is 2. The minimum atomic E-state index is -0.649. The number of hydrogen-bond acceptors (Lipinski definition) is 6. The first-order valence-corrected chi connectivity index (χ1v) is 9.93. The zero-order valence-corrected chi connectivity index (χ0v) is 17.0. The first kappa shape index (κ1) is 20.1. The molecule has 0 saturated carbocycles. The molecule has 1 N–H and O–H groups in total. The molecule has 1 aliphatic rings. The van der Waals surface area contributed by atoms with Crippen LogP contribution >= 0.6 is 11.3 Å². The van der Waals surface area contributed by atoms with Gasteiger partial charge in [-0.1, -0.05) is 18.2 Å². The second-order valence-corrected chi connectivity index (χ2v) is 7.88. The number of likely N-dealkylation sites (tertiary alicyclic amines) is 1. The van der Waals surface area contributed by atoms with E-state index in [0.29, 0.717) is 17.9 Å². The summed E-state index contributed by atoms with van der Waals surface area (Å²) in [6.07, 6.45) is 0.737. The van der Waals surface area contributed by atoms with Gasteiger partial charge in [0.15, 0.2) is 0 Å². The summed E-state index contributed by atoms with van der Waals surface area (Å²) in [6, 6.07) is 10.0. The molecule has 2 heterocycles. The van der Waals surface area contributed by atoms with E-state index in [0.717, 1.165) is 17.8 Å². The maximum absolute atomic E-state index is 12.8. The number of benzene rings is 1. The number of rotatable bonds is 7. The summed E-state index contributed by atoms with van der Waals surface area (Å²) in [7, 11) is 5.47. The Morgan fingerprint density at radius 2 is 2.04 bits per heavy atom. The first-order valence-electron chi connectivity index (χ1n) is 9.05. The van der Waals surface area contributed by atoms with Gasteiger partial charge in [0, 0.05) is 17.0 Å². The predicted octanol–water partition coefficient (Wildman–Crippen LogP) is 3.13. The number of Topliss-reactive ketones (excluding diaryl/α,β-unsaturated/α-hetero) is 1. The van der Waals surface area contributed by atoms with E-state index in [1.165, 1.54) is 18.4 Å². The van der Waals surface area contributed by atoms with Crippen molar-refractivity contribution >= 4 is 28.8 Å². The molecule has 1 aliphatic heterocycles. The number of ketones is 1. The number of aliphatic hydroxyl groups is 1. The number of hydrogen-bond donors (Lipinski definition) is 1. The Labute approximate surface area is 168 Å². The van der Waals surface area contributed by atoms with Crippen molar-refractivity contribution < 1.29 is 19.4 Å². The fourth-order valence-electron chi connectivity index (χ4n) is 3.34. The van der Waals surface area contributed by atoms with E-state index >= 15 is 0 Å². The van der Waals surface area contributed by atoms with Gasteiger partial charge >= 0.3 is 0 Å². The maximum Gasteiger partial charge on any atom is 0.295 e. The van der Waals surface area contributed by atoms with E-state index in [2.05, 4.69) is 0 Å². The van der Waals surface area contributed by atoms with Crippen molar-refractivity contribution in [2.75, 3.05) is 34.3 Å². The largest absolute Gasteiger partial charge is 0.507 e. The van der Waals surface area contributed by atoms with E-state index in [9.17, 15) is 14.7 Å². The molecule has 1 atom stereocenters. The summed E-state index contributed by atoms with van der Waals surface area (Å²) >= 11 is 1.47. The Morgan fingerprint density at radius 1 is 1.25 bits per heavy atom. The van der Waals surface area contributed by atoms with Crippen molar-refractivity contribution in [2.24, 2.45) is 0 Å². The number of amides is 1. The van der Waals surface area contributed by atoms with E-state index in [1.807, 2.05) is 36.5 Å². The molecular formula is C21H24N2O4S. The van der Waals surface area contributed by atoms with Crippen molar-refractivity contribution in [2.45, 2.75) is 12.5 Å². The van der Waals surface area contributed by atoms with Crippen LogP contribution in [0.2, 0.25) is 0 Å². The summed E-state index contributed by atoms with van der Waals surface area (Å²) in [5, 5.41) is 12.9. The van der Waals surface area contributed by atoms with Gasteiger partial charge in [-0.25, -0.2) is 0 Å². The molecule has 6 nitrogen and oxygen atoms in total. The van der Waals surface area contributed by atoms with Crippen LogP contribution in [0.1, 0.15) is 22.9 Å². The summed E-state index contributed by atoms with van der Waals surface area (Å²) in [5.41, 5.74) is 0.581. The van der Waals surface area contributed by atoms with E-state index in [4.69, 9.17) is 4.74 Å². The molecule has 0 radical (unpaired) electrons. The van der Waals surface area contributed by atoms with Crippen LogP contribution < -0.4 is 4.74 Å². The van der Waals surface area contributed by atoms with Gasteiger partial charge in [0.1, 0.15) is 11.5 Å². The number of ether oxygens (including phenoxy) is 1. The van der Waals surface area contributed by atoms with Crippen LogP contribution in [0.5, 0.6) is 5.75 Å². The highest BCUT2D eigenvalue weighted by molar-refractivity contribution is 7.10. The summed E-state index contributed by atoms with van der Waals surface area (Å²) in [6.45, 7) is 1.25. The monoisotopic (exact) mass is 400 g/mol. The lowest BCUT2D eigenvalue weighted by molar-refractivity contribution is -0.139. The first-order chi connectivity index (χ1) is 13.4. The normalized spacial score (nSPS) is 18.9. The Bertz CT molecular complexity index is 890. The number of carbonyl (C=O) groups is 2. The predicted molar refractivity (Wildman–Crippen MR) is 109 cm³/mol. The standard InChI is InChI=1S/C21H24N2O4S/c1-22(2)10-6-11-23-18(16-9-5-12-28-16)17(20(25)21(23)26)19(24)14-7-4-8-15(13-14)27-3/h4-5,7-9,12-13,18,24H,6,10-11H2,1-3H3/t18-/m1/s1. The molecule has 0 aliphatic carbocycles. The second kappa shape index (κ2) is 8.58. The molecule has 0 bridgehead atoms. The van der Waals surface area contributed by atoms with Crippen LogP contribution in [-0.4, -0.2) is 60.9 Å². The molecule has 28 heavy (non-hydrogen) atoms. The molecule has 1 amide bonds. The Hall–Kier alpha value is -2.64. The van der Waals surface area contributed by atoms with E-state index in [1.54, 1.807) is 29.2 Å². The molecule has 1 aromatic carbocycles. The molecule has 0 unspecified atom stereocenters. The number of nitrogens with zero attached hydrogens (tertiary/aromatic N) is 2. The zero-order valence-electron chi connectivity index (χ0n) is 16.2. The van der Waals surface area contributed by atoms with Crippen molar-refractivity contribution in [1.29, 1.82) is 0 Å². The second-order valence-electron chi connectivity index (χ2n) is 6.90. The fourth-order valence-corrected chi connectivity index (χ4v) is 4.18. The molecule has 1 aromatic heterocycles. The molecule has 148 valence electrons. The quantitative estimate of drug-likeness (QED) is 0.439. The van der Waals surface area contributed by atoms with Gasteiger partial charge in [0.05, 0.1) is 18.7 Å². The molecular weight excluding hydrogens is 376 g/mol. The van der Waals surface area contributed by atoms with Crippen LogP contribution in [-0.2, 0) is 9.59 Å². The van der Waals surface area contributed by atoms with Crippen molar-refractivity contribution in [3.63, 3.8) is 0 Å². The molecule has 0 spiro atoms. The van der Waals surface area contributed by atoms with Crippen LogP contribution in [0.3, 0.4) is 0 Å². The van der Waals surface area contributed by atoms with Crippen LogP contribution in [0.25, 0.3) is 5.76 Å². The van der Waals surface area contributed by atoms with Gasteiger partial charge in [-0.2, -0.15) is 0 Å². The minimum absolute atomic E-state index is 0.130. The average molecular weight is 400 g/mol. The van der Waals surface area contributed by atoms with Gasteiger partial charge in [-0.05, 0) is 50.6 Å². The minimum Gasteiger partial charge on any atom is -0.507 e. The number of thiophene rings is 1. The lowest BCUT2D eigenvalue weighted by atomic mass is 9.99. The highest BCUT2D eigenvalue weighted by Crippen LogP contribution is 2.41. The summed E-state index contributed by atoms with van der Waals surface area (Å²) in [4.78, 5) is 30.1. The highest BCUT2D eigenvalue weighted by atomic mass is 32.1. The van der Waals surface area contributed by atoms with Crippen LogP contribution in [0.15, 0.2) is 47.4 Å². The third-order valence-electron chi connectivity index (χ3n) is 4.70. The van der Waals surface area contributed by atoms with Gasteiger partial charge < -0.3 is 19.6 Å². The third-order valence-corrected chi connectivity index (χ3v) is 5.62. The lowest BCUT2D eigenvalue weighted by Crippen LogP contribution is -2.32. The third kappa shape index (κ3) is 3.95. The molecule has 1 fully saturated rings. The smallest absolute Gasteiger partial charge is 0.295 e. The highest BCUT2D eigenvalue weighted by Gasteiger charge is 2.46. The molecule has 7 heteroatoms. The number of aliphatic hydroxyl groups excluding tert-OH is 1. The van der Waals surface area contributed by atoms with Crippen molar-refractivity contribution in [3.05, 3.63) is 57.8 Å². The van der Waals surface area contributed by atoms with Crippen LogP contribution in [0, 0.1) is 0 Å². The number of methoxy groups -OCH3 is 1. The SMILES string of the molecule is COc1cccc(C(O)=C2C(=O)C(=O)N(CCCN(C)C)[C@@H]2c2cccs2)c1. The van der Waals surface area contributed by atoms with E-state index in [-0.39, 0.29) is 11.3 Å². The Balaban J connectivity index is 2.04. The summed E-state index contributed by atoms with van der Waals surface area (Å²) < 4.78 is 5.21. The van der Waals surface area contributed by atoms with Gasteiger partial charge in [-0.3, -0.25) is 9.59 Å². The van der Waals surface area contributed by atoms with E-state index < -0.39 is 17.7 Å². The maximum atomic E-state index is 12.8. The molecule has 3 rings (SSSR count). The molecule has 1 saturated heterocycles. The molecule has 2 aromatic rings. The Morgan fingerprint density at radius 3 is 2.68 bits per heavy atom. The van der Waals surface area contributed by atoms with Gasteiger partial charge in [0.25, 0.3) is 11.7 Å². The summed E-state index contributed by atoms with van der Waals surface area (Å²) in [5.74, 6) is -0.826. The van der Waals surface area contributed by atoms with Crippen molar-refractivity contribution in [3.8, 4) is 5.75 Å². The van der Waals surface area contributed by atoms with Gasteiger partial charge in [-0.15, -0.1) is 11.3 Å². The Kier molecular flexibility index (Phi) is 6.16.